The highest BCUT2D eigenvalue weighted by molar-refractivity contribution is 9.10. The third-order valence-electron chi connectivity index (χ3n) is 2.82. The maximum absolute atomic E-state index is 13.2. The Balaban J connectivity index is 0.000000254. The van der Waals surface area contributed by atoms with Crippen LogP contribution in [0.4, 0.5) is 20.2 Å². The van der Waals surface area contributed by atoms with E-state index in [0.717, 1.165) is 21.9 Å². The first-order valence-corrected chi connectivity index (χ1v) is 10.0. The zero-order valence-corrected chi connectivity index (χ0v) is 17.1. The van der Waals surface area contributed by atoms with Crippen LogP contribution in [-0.2, 0) is 10.0 Å². The van der Waals surface area contributed by atoms with Gasteiger partial charge in [-0.25, -0.2) is 17.2 Å². The standard InChI is InChI=1S/C8H9BrFNO2S.C7H7BrFN/c1-5-3-8(11-14(2,12)13)7(10)4-6(5)9;1-4-2-7(10)6(9)3-5(4)8/h3-4,11H,1-2H3;2-3H,10H2,1H3. The lowest BCUT2D eigenvalue weighted by molar-refractivity contribution is 0.603. The lowest BCUT2D eigenvalue weighted by Crippen LogP contribution is -2.11. The van der Waals surface area contributed by atoms with Gasteiger partial charge in [-0.3, -0.25) is 4.72 Å². The van der Waals surface area contributed by atoms with Crippen LogP contribution in [0.25, 0.3) is 0 Å². The first-order chi connectivity index (χ1) is 10.9. The summed E-state index contributed by atoms with van der Waals surface area (Å²) in [5, 5.41) is 0. The minimum absolute atomic E-state index is 0.0341. The average molecular weight is 486 g/mol. The largest absolute Gasteiger partial charge is 0.396 e. The molecule has 0 unspecified atom stereocenters. The van der Waals surface area contributed by atoms with Gasteiger partial charge in [-0.05, 0) is 49.2 Å². The second-order valence-corrected chi connectivity index (χ2v) is 8.54. The van der Waals surface area contributed by atoms with Gasteiger partial charge in [0.25, 0.3) is 0 Å². The van der Waals surface area contributed by atoms with E-state index >= 15 is 0 Å². The highest BCUT2D eigenvalue weighted by atomic mass is 79.9. The summed E-state index contributed by atoms with van der Waals surface area (Å²) in [5.41, 5.74) is 7.16. The third kappa shape index (κ3) is 6.37. The summed E-state index contributed by atoms with van der Waals surface area (Å²) in [6.07, 6.45) is 0.976. The Kier molecular flexibility index (Phi) is 7.18. The van der Waals surface area contributed by atoms with E-state index in [1.165, 1.54) is 18.2 Å². The van der Waals surface area contributed by atoms with Crippen LogP contribution in [0.5, 0.6) is 0 Å². The molecule has 2 rings (SSSR count). The molecule has 9 heteroatoms. The Bertz CT molecular complexity index is 809. The van der Waals surface area contributed by atoms with E-state index in [1.807, 2.05) is 6.92 Å². The summed E-state index contributed by atoms with van der Waals surface area (Å²) < 4.78 is 51.0. The van der Waals surface area contributed by atoms with Gasteiger partial charge in [0, 0.05) is 8.95 Å². The molecule has 24 heavy (non-hydrogen) atoms. The van der Waals surface area contributed by atoms with E-state index in [0.29, 0.717) is 4.47 Å². The molecule has 0 aliphatic rings. The molecule has 0 heterocycles. The van der Waals surface area contributed by atoms with Crippen LogP contribution in [0.2, 0.25) is 0 Å². The van der Waals surface area contributed by atoms with E-state index in [2.05, 4.69) is 36.6 Å². The van der Waals surface area contributed by atoms with Crippen molar-refractivity contribution >= 4 is 53.3 Å². The van der Waals surface area contributed by atoms with E-state index in [1.54, 1.807) is 13.0 Å². The lowest BCUT2D eigenvalue weighted by atomic mass is 10.2. The molecule has 0 aliphatic carbocycles. The van der Waals surface area contributed by atoms with Crippen molar-refractivity contribution in [3.8, 4) is 0 Å². The molecule has 0 fully saturated rings. The van der Waals surface area contributed by atoms with Crippen molar-refractivity contribution < 1.29 is 17.2 Å². The number of sulfonamides is 1. The van der Waals surface area contributed by atoms with Crippen LogP contribution >= 0.6 is 31.9 Å². The molecular weight excluding hydrogens is 470 g/mol. The fourth-order valence-corrected chi connectivity index (χ4v) is 2.80. The highest BCUT2D eigenvalue weighted by Crippen LogP contribution is 2.24. The van der Waals surface area contributed by atoms with Gasteiger partial charge in [0.2, 0.25) is 10.0 Å². The van der Waals surface area contributed by atoms with Gasteiger partial charge >= 0.3 is 0 Å². The zero-order valence-electron chi connectivity index (χ0n) is 13.1. The van der Waals surface area contributed by atoms with Gasteiger partial charge in [-0.1, -0.05) is 31.9 Å². The molecular formula is C15H16Br2F2N2O2S. The van der Waals surface area contributed by atoms with Gasteiger partial charge in [-0.2, -0.15) is 0 Å². The van der Waals surface area contributed by atoms with E-state index in [9.17, 15) is 17.2 Å². The molecule has 2 aromatic carbocycles. The minimum atomic E-state index is -3.43. The summed E-state index contributed by atoms with van der Waals surface area (Å²) in [6, 6.07) is 5.62. The van der Waals surface area contributed by atoms with Gasteiger partial charge in [0.15, 0.2) is 0 Å². The van der Waals surface area contributed by atoms with Gasteiger partial charge in [-0.15, -0.1) is 0 Å². The van der Waals surface area contributed by atoms with Crippen molar-refractivity contribution in [2.24, 2.45) is 0 Å². The number of nitrogens with two attached hydrogens (primary N) is 1. The molecule has 0 atom stereocenters. The predicted octanol–water partition coefficient (Wildman–Crippen LogP) is 4.75. The molecule has 0 amide bonds. The number of hydrogen-bond donors (Lipinski definition) is 2. The van der Waals surface area contributed by atoms with Crippen LogP contribution in [0.3, 0.4) is 0 Å². The van der Waals surface area contributed by atoms with Crippen LogP contribution in [-0.4, -0.2) is 14.7 Å². The second kappa shape index (κ2) is 8.26. The van der Waals surface area contributed by atoms with Crippen molar-refractivity contribution in [3.05, 3.63) is 56.0 Å². The lowest BCUT2D eigenvalue weighted by Gasteiger charge is -2.07. The molecule has 132 valence electrons. The molecule has 3 N–H and O–H groups in total. The molecule has 0 spiro atoms. The smallest absolute Gasteiger partial charge is 0.229 e. The van der Waals surface area contributed by atoms with E-state index in [-0.39, 0.29) is 17.2 Å². The SMILES string of the molecule is Cc1cc(N)c(F)cc1Br.Cc1cc(NS(C)(=O)=O)c(F)cc1Br. The number of benzene rings is 2. The summed E-state index contributed by atoms with van der Waals surface area (Å²) >= 11 is 6.33. The summed E-state index contributed by atoms with van der Waals surface area (Å²) in [6.45, 7) is 3.61. The van der Waals surface area contributed by atoms with Crippen LogP contribution in [0, 0.1) is 25.5 Å². The Morgan fingerprint density at radius 1 is 0.958 bits per heavy atom. The molecule has 0 aromatic heterocycles. The number of nitrogen functional groups attached to an aromatic ring is 1. The molecule has 0 aliphatic heterocycles. The van der Waals surface area contributed by atoms with Gasteiger partial charge in [0.05, 0.1) is 17.6 Å². The summed E-state index contributed by atoms with van der Waals surface area (Å²) in [4.78, 5) is 0. The summed E-state index contributed by atoms with van der Waals surface area (Å²) in [7, 11) is -3.43. The number of hydrogen-bond acceptors (Lipinski definition) is 3. The zero-order chi connectivity index (χ0) is 18.7. The fourth-order valence-electron chi connectivity index (χ4n) is 1.61. The topological polar surface area (TPSA) is 72.2 Å². The molecule has 0 saturated carbocycles. The molecule has 0 bridgehead atoms. The summed E-state index contributed by atoms with van der Waals surface area (Å²) in [5.74, 6) is -0.981. The Labute approximate surface area is 156 Å². The number of anilines is 2. The minimum Gasteiger partial charge on any atom is -0.396 e. The Hall–Kier alpha value is -1.19. The van der Waals surface area contributed by atoms with Crippen molar-refractivity contribution in [2.75, 3.05) is 16.7 Å². The number of rotatable bonds is 2. The Morgan fingerprint density at radius 3 is 1.88 bits per heavy atom. The molecule has 4 nitrogen and oxygen atoms in total. The first-order valence-electron chi connectivity index (χ1n) is 6.55. The van der Waals surface area contributed by atoms with Crippen LogP contribution < -0.4 is 10.5 Å². The van der Waals surface area contributed by atoms with Crippen molar-refractivity contribution in [3.63, 3.8) is 0 Å². The number of aryl methyl sites for hydroxylation is 2. The number of halogens is 4. The van der Waals surface area contributed by atoms with E-state index < -0.39 is 15.8 Å². The van der Waals surface area contributed by atoms with Gasteiger partial charge in [0.1, 0.15) is 11.6 Å². The van der Waals surface area contributed by atoms with E-state index in [4.69, 9.17) is 5.73 Å². The normalized spacial score (nSPS) is 10.8. The third-order valence-corrected chi connectivity index (χ3v) is 5.12. The van der Waals surface area contributed by atoms with Crippen molar-refractivity contribution in [1.82, 2.24) is 0 Å². The van der Waals surface area contributed by atoms with Gasteiger partial charge < -0.3 is 5.73 Å². The Morgan fingerprint density at radius 2 is 1.42 bits per heavy atom. The molecule has 2 aromatic rings. The first kappa shape index (κ1) is 20.9. The average Bonchev–Trinajstić information content (AvgIpc) is 2.42. The highest BCUT2D eigenvalue weighted by Gasteiger charge is 2.09. The van der Waals surface area contributed by atoms with Crippen LogP contribution in [0.1, 0.15) is 11.1 Å². The maximum atomic E-state index is 13.2. The number of nitrogens with one attached hydrogen (secondary N) is 1. The van der Waals surface area contributed by atoms with Crippen LogP contribution in [0.15, 0.2) is 33.2 Å². The monoisotopic (exact) mass is 484 g/mol. The molecule has 0 radical (unpaired) electrons. The van der Waals surface area contributed by atoms with Crippen molar-refractivity contribution in [1.29, 1.82) is 0 Å². The fraction of sp³-hybridized carbons (Fsp3) is 0.200. The maximum Gasteiger partial charge on any atom is 0.229 e. The van der Waals surface area contributed by atoms with Crippen molar-refractivity contribution in [2.45, 2.75) is 13.8 Å². The predicted molar refractivity (Wildman–Crippen MR) is 101 cm³/mol. The quantitative estimate of drug-likeness (QED) is 0.603. The molecule has 0 saturated heterocycles. The second-order valence-electron chi connectivity index (χ2n) is 5.08.